The Morgan fingerprint density at radius 2 is 0.938 bits per heavy atom. The lowest BCUT2D eigenvalue weighted by Gasteiger charge is -2.54. The molecule has 0 aliphatic heterocycles. The second kappa shape index (κ2) is 2.59. The molecule has 2 unspecified atom stereocenters. The Balaban J connectivity index is 2.79. The second-order valence-electron chi connectivity index (χ2n) is 4.50. The van der Waals surface area contributed by atoms with Gasteiger partial charge in [-0.3, -0.25) is 0 Å². The average molecular weight is 244 g/mol. The minimum atomic E-state index is -4.99. The fourth-order valence-corrected chi connectivity index (χ4v) is 2.60. The third-order valence-corrected chi connectivity index (χ3v) is 3.95. The third kappa shape index (κ3) is 0.831. The molecule has 6 heteroatoms. The van der Waals surface area contributed by atoms with Crippen LogP contribution in [0.4, 0.5) is 26.3 Å². The van der Waals surface area contributed by atoms with Gasteiger partial charge >= 0.3 is 11.8 Å². The number of rotatable bonds is 0. The second-order valence-corrected chi connectivity index (χ2v) is 4.50. The van der Waals surface area contributed by atoms with Crippen molar-refractivity contribution < 1.29 is 26.3 Å². The van der Waals surface area contributed by atoms with Gasteiger partial charge in [-0.05, 0) is 37.8 Å². The Morgan fingerprint density at radius 3 is 1.19 bits per heavy atom. The summed E-state index contributed by atoms with van der Waals surface area (Å²) in [6, 6.07) is 0. The summed E-state index contributed by atoms with van der Waals surface area (Å²) < 4.78 is 81.3. The highest BCUT2D eigenvalue weighted by Crippen LogP contribution is 2.67. The van der Waals surface area contributed by atoms with Crippen molar-refractivity contribution in [2.45, 2.75) is 49.9 Å². The maximum absolute atomic E-state index is 14.0. The summed E-state index contributed by atoms with van der Waals surface area (Å²) >= 11 is 0. The molecule has 1 fully saturated rings. The molecule has 0 heterocycles. The summed E-state index contributed by atoms with van der Waals surface area (Å²) in [5.74, 6) is -9.98. The minimum absolute atomic E-state index is 0.600. The van der Waals surface area contributed by atoms with Crippen LogP contribution in [0, 0.1) is 0 Å². The molecule has 3 rings (SSSR count). The predicted molar refractivity (Wildman–Crippen MR) is 45.2 cm³/mol. The summed E-state index contributed by atoms with van der Waals surface area (Å²) in [6.07, 6.45) is -1.81. The van der Waals surface area contributed by atoms with Crippen LogP contribution in [0.3, 0.4) is 0 Å². The fourth-order valence-electron chi connectivity index (χ4n) is 2.60. The minimum Gasteiger partial charge on any atom is -0.232 e. The van der Waals surface area contributed by atoms with E-state index >= 15 is 0 Å². The molecule has 0 spiro atoms. The van der Waals surface area contributed by atoms with Gasteiger partial charge in [-0.1, -0.05) is 0 Å². The van der Waals surface area contributed by atoms with E-state index in [1.54, 1.807) is 0 Å². The van der Waals surface area contributed by atoms with Crippen molar-refractivity contribution in [3.8, 4) is 0 Å². The Hall–Kier alpha value is -0.680. The third-order valence-electron chi connectivity index (χ3n) is 3.95. The van der Waals surface area contributed by atoms with Crippen LogP contribution in [0.25, 0.3) is 0 Å². The van der Waals surface area contributed by atoms with Gasteiger partial charge in [0.1, 0.15) is 0 Å². The summed E-state index contributed by atoms with van der Waals surface area (Å²) in [6.45, 7) is 1.90. The van der Waals surface area contributed by atoms with Crippen molar-refractivity contribution in [1.29, 1.82) is 0 Å². The number of halogens is 6. The van der Waals surface area contributed by atoms with Crippen LogP contribution in [0.1, 0.15) is 26.7 Å². The highest BCUT2D eigenvalue weighted by Gasteiger charge is 2.84. The van der Waals surface area contributed by atoms with Crippen molar-refractivity contribution in [2.24, 2.45) is 0 Å². The summed E-state index contributed by atoms with van der Waals surface area (Å²) in [5.41, 5.74) is -8.04. The first-order valence-electron chi connectivity index (χ1n) is 4.84. The van der Waals surface area contributed by atoms with Crippen molar-refractivity contribution in [3.05, 3.63) is 11.1 Å². The van der Waals surface area contributed by atoms with E-state index in [-0.39, 0.29) is 0 Å². The molecule has 92 valence electrons. The first-order chi connectivity index (χ1) is 7.02. The number of fused-ring (bicyclic) bond motifs is 2. The molecule has 0 aromatic heterocycles. The molecule has 0 saturated heterocycles. The topological polar surface area (TPSA) is 0 Å². The zero-order chi connectivity index (χ0) is 12.6. The van der Waals surface area contributed by atoms with Crippen LogP contribution in [0.2, 0.25) is 0 Å². The Morgan fingerprint density at radius 1 is 0.688 bits per heavy atom. The Bertz CT molecular complexity index is 349. The molecule has 3 aliphatic carbocycles. The lowest BCUT2D eigenvalue weighted by atomic mass is 9.60. The highest BCUT2D eigenvalue weighted by molar-refractivity contribution is 5.44. The number of hydrogen-bond acceptors (Lipinski definition) is 0. The Kier molecular flexibility index (Phi) is 1.91. The van der Waals surface area contributed by atoms with Gasteiger partial charge in [0.05, 0.1) is 0 Å². The molecular formula is C10H10F6. The zero-order valence-corrected chi connectivity index (χ0v) is 8.68. The SMILES string of the molecule is CC1=C(C)C2(F)CCC1(F)C(F)(F)C2(F)F. The molecule has 0 aromatic carbocycles. The van der Waals surface area contributed by atoms with Crippen LogP contribution in [0.15, 0.2) is 11.1 Å². The van der Waals surface area contributed by atoms with Gasteiger partial charge in [0.15, 0.2) is 0 Å². The van der Waals surface area contributed by atoms with E-state index in [0.717, 1.165) is 13.8 Å². The van der Waals surface area contributed by atoms with Gasteiger partial charge in [0.2, 0.25) is 11.3 Å². The molecule has 0 N–H and O–H groups in total. The molecule has 2 bridgehead atoms. The zero-order valence-electron chi connectivity index (χ0n) is 8.68. The molecule has 0 nitrogen and oxygen atoms in total. The van der Waals surface area contributed by atoms with Crippen LogP contribution in [0.5, 0.6) is 0 Å². The largest absolute Gasteiger partial charge is 0.350 e. The maximum atomic E-state index is 14.0. The van der Waals surface area contributed by atoms with E-state index in [0.29, 0.717) is 0 Å². The quantitative estimate of drug-likeness (QED) is 0.449. The molecule has 0 radical (unpaired) electrons. The van der Waals surface area contributed by atoms with Crippen LogP contribution >= 0.6 is 0 Å². The van der Waals surface area contributed by atoms with Crippen LogP contribution in [-0.4, -0.2) is 23.2 Å². The number of hydrogen-bond donors (Lipinski definition) is 0. The first kappa shape index (κ1) is 11.8. The van der Waals surface area contributed by atoms with Crippen LogP contribution in [-0.2, 0) is 0 Å². The monoisotopic (exact) mass is 244 g/mol. The van der Waals surface area contributed by atoms with E-state index < -0.39 is 47.2 Å². The van der Waals surface area contributed by atoms with E-state index in [9.17, 15) is 26.3 Å². The lowest BCUT2D eigenvalue weighted by Crippen LogP contribution is -2.73. The molecule has 0 aromatic rings. The van der Waals surface area contributed by atoms with Gasteiger partial charge in [-0.15, -0.1) is 0 Å². The van der Waals surface area contributed by atoms with Crippen molar-refractivity contribution in [2.75, 3.05) is 0 Å². The van der Waals surface area contributed by atoms with Crippen molar-refractivity contribution in [1.82, 2.24) is 0 Å². The highest BCUT2D eigenvalue weighted by atomic mass is 19.3. The first-order valence-corrected chi connectivity index (χ1v) is 4.84. The summed E-state index contributed by atoms with van der Waals surface area (Å²) in [4.78, 5) is 0. The number of allylic oxidation sites excluding steroid dienone is 2. The number of alkyl halides is 6. The maximum Gasteiger partial charge on any atom is 0.350 e. The van der Waals surface area contributed by atoms with Gasteiger partial charge in [0, 0.05) is 0 Å². The summed E-state index contributed by atoms with van der Waals surface area (Å²) in [7, 11) is 0. The molecule has 2 atom stereocenters. The van der Waals surface area contributed by atoms with Crippen molar-refractivity contribution in [3.63, 3.8) is 0 Å². The molecule has 16 heavy (non-hydrogen) atoms. The Labute approximate surface area is 88.3 Å². The average Bonchev–Trinajstić information content (AvgIpc) is 2.18. The smallest absolute Gasteiger partial charge is 0.232 e. The van der Waals surface area contributed by atoms with Gasteiger partial charge in [-0.2, -0.15) is 17.6 Å². The summed E-state index contributed by atoms with van der Waals surface area (Å²) in [5, 5.41) is 0. The van der Waals surface area contributed by atoms with Gasteiger partial charge < -0.3 is 0 Å². The standard InChI is InChI=1S/C10H10F6/c1-5-6(2)8(12)4-3-7(5,11)9(13,14)10(8,15)16/h3-4H2,1-2H3. The van der Waals surface area contributed by atoms with E-state index in [1.165, 1.54) is 0 Å². The van der Waals surface area contributed by atoms with E-state index in [1.807, 2.05) is 0 Å². The molecule has 0 amide bonds. The van der Waals surface area contributed by atoms with Crippen molar-refractivity contribution >= 4 is 0 Å². The predicted octanol–water partition coefficient (Wildman–Crippen LogP) is 3.82. The molecular weight excluding hydrogens is 234 g/mol. The normalized spacial score (nSPS) is 45.0. The van der Waals surface area contributed by atoms with E-state index in [2.05, 4.69) is 0 Å². The fraction of sp³-hybridized carbons (Fsp3) is 0.800. The molecule has 1 saturated carbocycles. The van der Waals surface area contributed by atoms with E-state index in [4.69, 9.17) is 0 Å². The molecule has 3 aliphatic rings. The van der Waals surface area contributed by atoms with Gasteiger partial charge in [0.25, 0.3) is 0 Å². The lowest BCUT2D eigenvalue weighted by molar-refractivity contribution is -0.334. The van der Waals surface area contributed by atoms with Gasteiger partial charge in [-0.25, -0.2) is 8.78 Å². The van der Waals surface area contributed by atoms with Crippen LogP contribution < -0.4 is 0 Å².